The molecule has 1 heterocycles. The Balaban J connectivity index is 2.53. The van der Waals surface area contributed by atoms with E-state index in [0.29, 0.717) is 35.7 Å². The molecule has 102 valence electrons. The van der Waals surface area contributed by atoms with Gasteiger partial charge in [-0.1, -0.05) is 20.8 Å². The average molecular weight is 260 g/mol. The van der Waals surface area contributed by atoms with Crippen molar-refractivity contribution in [3.05, 3.63) is 39.7 Å². The molecule has 0 amide bonds. The first-order chi connectivity index (χ1) is 9.02. The summed E-state index contributed by atoms with van der Waals surface area (Å²) in [4.78, 5) is 12.0. The van der Waals surface area contributed by atoms with Crippen molar-refractivity contribution < 1.29 is 9.15 Å². The van der Waals surface area contributed by atoms with Crippen molar-refractivity contribution in [2.75, 3.05) is 6.61 Å². The molecule has 0 aliphatic heterocycles. The van der Waals surface area contributed by atoms with Crippen molar-refractivity contribution in [1.29, 1.82) is 0 Å². The summed E-state index contributed by atoms with van der Waals surface area (Å²) in [7, 11) is 0. The average Bonchev–Trinajstić information content (AvgIpc) is 2.38. The molecule has 0 radical (unpaired) electrons. The summed E-state index contributed by atoms with van der Waals surface area (Å²) in [5, 5.41) is 0.617. The van der Waals surface area contributed by atoms with E-state index in [0.717, 1.165) is 11.3 Å². The second-order valence-electron chi connectivity index (χ2n) is 5.20. The van der Waals surface area contributed by atoms with Gasteiger partial charge < -0.3 is 9.15 Å². The van der Waals surface area contributed by atoms with E-state index in [-0.39, 0.29) is 5.43 Å². The molecule has 0 N–H and O–H groups in total. The maximum Gasteiger partial charge on any atom is 0.192 e. The van der Waals surface area contributed by atoms with Crippen molar-refractivity contribution >= 4 is 11.0 Å². The summed E-state index contributed by atoms with van der Waals surface area (Å²) >= 11 is 0. The highest BCUT2D eigenvalue weighted by atomic mass is 16.5. The minimum Gasteiger partial charge on any atom is -0.493 e. The van der Waals surface area contributed by atoms with Crippen LogP contribution in [0.3, 0.4) is 0 Å². The Morgan fingerprint density at radius 3 is 2.68 bits per heavy atom. The van der Waals surface area contributed by atoms with Gasteiger partial charge in [-0.2, -0.15) is 0 Å². The lowest BCUT2D eigenvalue weighted by molar-refractivity contribution is 0.269. The Morgan fingerprint density at radius 2 is 2.05 bits per heavy atom. The summed E-state index contributed by atoms with van der Waals surface area (Å²) in [5.41, 5.74) is 1.55. The Morgan fingerprint density at radius 1 is 1.32 bits per heavy atom. The van der Waals surface area contributed by atoms with Crippen LogP contribution in [0.25, 0.3) is 11.0 Å². The van der Waals surface area contributed by atoms with Gasteiger partial charge in [0.2, 0.25) is 0 Å². The molecule has 2 rings (SSSR count). The fourth-order valence-electron chi connectivity index (χ4n) is 1.97. The van der Waals surface area contributed by atoms with Crippen LogP contribution < -0.4 is 10.2 Å². The third-order valence-electron chi connectivity index (χ3n) is 3.07. The van der Waals surface area contributed by atoms with Gasteiger partial charge in [0.1, 0.15) is 17.1 Å². The number of aryl methyl sites for hydroxylation is 2. The van der Waals surface area contributed by atoms with E-state index in [1.807, 2.05) is 19.9 Å². The SMILES string of the molecule is CCc1cc(=O)c2ccc(OCC(C)C)c(C)c2o1. The van der Waals surface area contributed by atoms with Crippen LogP contribution in [0.5, 0.6) is 5.75 Å². The maximum absolute atomic E-state index is 12.0. The van der Waals surface area contributed by atoms with Crippen molar-refractivity contribution in [3.8, 4) is 5.75 Å². The molecule has 0 fully saturated rings. The molecule has 0 saturated heterocycles. The number of fused-ring (bicyclic) bond motifs is 1. The molecule has 1 aromatic heterocycles. The molecule has 0 unspecified atom stereocenters. The molecule has 3 nitrogen and oxygen atoms in total. The highest BCUT2D eigenvalue weighted by Gasteiger charge is 2.11. The summed E-state index contributed by atoms with van der Waals surface area (Å²) in [6.45, 7) is 8.76. The maximum atomic E-state index is 12.0. The Hall–Kier alpha value is -1.77. The van der Waals surface area contributed by atoms with Crippen LogP contribution >= 0.6 is 0 Å². The van der Waals surface area contributed by atoms with Crippen LogP contribution in [0.2, 0.25) is 0 Å². The first kappa shape index (κ1) is 13.7. The lowest BCUT2D eigenvalue weighted by Gasteiger charge is -2.12. The Labute approximate surface area is 113 Å². The molecule has 1 aromatic carbocycles. The normalized spacial score (nSPS) is 11.2. The number of ether oxygens (including phenoxy) is 1. The largest absolute Gasteiger partial charge is 0.493 e. The van der Waals surface area contributed by atoms with Crippen molar-refractivity contribution in [2.45, 2.75) is 34.1 Å². The Kier molecular flexibility index (Phi) is 3.93. The molecular formula is C16H20O3. The van der Waals surface area contributed by atoms with Gasteiger partial charge in [0, 0.05) is 18.1 Å². The van der Waals surface area contributed by atoms with Gasteiger partial charge in [-0.15, -0.1) is 0 Å². The van der Waals surface area contributed by atoms with Gasteiger partial charge in [0.15, 0.2) is 5.43 Å². The van der Waals surface area contributed by atoms with E-state index < -0.39 is 0 Å². The van der Waals surface area contributed by atoms with E-state index >= 15 is 0 Å². The van der Waals surface area contributed by atoms with E-state index in [9.17, 15) is 4.79 Å². The van der Waals surface area contributed by atoms with Gasteiger partial charge in [0.05, 0.1) is 12.0 Å². The summed E-state index contributed by atoms with van der Waals surface area (Å²) in [6, 6.07) is 5.20. The van der Waals surface area contributed by atoms with Crippen LogP contribution in [-0.4, -0.2) is 6.61 Å². The molecule has 0 saturated carbocycles. The highest BCUT2D eigenvalue weighted by molar-refractivity contribution is 5.81. The fourth-order valence-corrected chi connectivity index (χ4v) is 1.97. The van der Waals surface area contributed by atoms with Gasteiger partial charge in [-0.25, -0.2) is 0 Å². The van der Waals surface area contributed by atoms with Crippen LogP contribution in [0, 0.1) is 12.8 Å². The smallest absolute Gasteiger partial charge is 0.192 e. The van der Waals surface area contributed by atoms with Gasteiger partial charge in [-0.05, 0) is 25.0 Å². The summed E-state index contributed by atoms with van der Waals surface area (Å²) in [6.07, 6.45) is 0.710. The zero-order valence-electron chi connectivity index (χ0n) is 11.9. The number of benzene rings is 1. The number of hydrogen-bond acceptors (Lipinski definition) is 3. The number of hydrogen-bond donors (Lipinski definition) is 0. The van der Waals surface area contributed by atoms with Crippen molar-refractivity contribution in [3.63, 3.8) is 0 Å². The van der Waals surface area contributed by atoms with E-state index in [1.54, 1.807) is 12.1 Å². The molecular weight excluding hydrogens is 240 g/mol. The van der Waals surface area contributed by atoms with Crippen LogP contribution in [-0.2, 0) is 6.42 Å². The lowest BCUT2D eigenvalue weighted by Crippen LogP contribution is -2.07. The zero-order chi connectivity index (χ0) is 14.0. The third kappa shape index (κ3) is 2.80. The number of rotatable bonds is 4. The van der Waals surface area contributed by atoms with E-state index in [2.05, 4.69) is 13.8 Å². The van der Waals surface area contributed by atoms with E-state index in [4.69, 9.17) is 9.15 Å². The quantitative estimate of drug-likeness (QED) is 0.841. The van der Waals surface area contributed by atoms with Crippen LogP contribution in [0.1, 0.15) is 32.1 Å². The predicted molar refractivity (Wildman–Crippen MR) is 76.9 cm³/mol. The first-order valence-corrected chi connectivity index (χ1v) is 6.72. The van der Waals surface area contributed by atoms with Crippen molar-refractivity contribution in [2.24, 2.45) is 5.92 Å². The lowest BCUT2D eigenvalue weighted by atomic mass is 10.1. The Bertz CT molecular complexity index is 638. The molecule has 0 aliphatic carbocycles. The van der Waals surface area contributed by atoms with Crippen LogP contribution in [0.4, 0.5) is 0 Å². The van der Waals surface area contributed by atoms with E-state index in [1.165, 1.54) is 0 Å². The molecule has 0 atom stereocenters. The minimum atomic E-state index is 0.0107. The molecule has 3 heteroatoms. The summed E-state index contributed by atoms with van der Waals surface area (Å²) < 4.78 is 11.5. The molecule has 19 heavy (non-hydrogen) atoms. The molecule has 0 spiro atoms. The van der Waals surface area contributed by atoms with Crippen LogP contribution in [0.15, 0.2) is 27.4 Å². The fraction of sp³-hybridized carbons (Fsp3) is 0.438. The minimum absolute atomic E-state index is 0.0107. The monoisotopic (exact) mass is 260 g/mol. The molecule has 2 aromatic rings. The second kappa shape index (κ2) is 5.47. The van der Waals surface area contributed by atoms with Gasteiger partial charge in [0.25, 0.3) is 0 Å². The summed E-state index contributed by atoms with van der Waals surface area (Å²) in [5.74, 6) is 1.96. The third-order valence-corrected chi connectivity index (χ3v) is 3.07. The van der Waals surface area contributed by atoms with Crippen molar-refractivity contribution in [1.82, 2.24) is 0 Å². The second-order valence-corrected chi connectivity index (χ2v) is 5.20. The van der Waals surface area contributed by atoms with Gasteiger partial charge >= 0.3 is 0 Å². The molecule has 0 aliphatic rings. The standard InChI is InChI=1S/C16H20O3/c1-5-12-8-14(17)13-6-7-15(18-9-10(2)3)11(4)16(13)19-12/h6-8,10H,5,9H2,1-4H3. The first-order valence-electron chi connectivity index (χ1n) is 6.72. The zero-order valence-corrected chi connectivity index (χ0v) is 11.9. The predicted octanol–water partition coefficient (Wildman–Crippen LogP) is 3.70. The van der Waals surface area contributed by atoms with Gasteiger partial charge in [-0.3, -0.25) is 4.79 Å². The topological polar surface area (TPSA) is 39.4 Å². The highest BCUT2D eigenvalue weighted by Crippen LogP contribution is 2.26. The molecule has 0 bridgehead atoms.